The molecule has 2 atom stereocenters. The van der Waals surface area contributed by atoms with E-state index in [1.54, 1.807) is 7.05 Å². The van der Waals surface area contributed by atoms with E-state index in [0.29, 0.717) is 13.0 Å². The third-order valence-corrected chi connectivity index (χ3v) is 2.06. The van der Waals surface area contributed by atoms with Crippen LogP contribution in [0, 0.1) is 5.92 Å². The molecule has 1 aliphatic rings. The van der Waals surface area contributed by atoms with Gasteiger partial charge < -0.3 is 10.0 Å². The van der Waals surface area contributed by atoms with Gasteiger partial charge in [-0.05, 0) is 20.0 Å². The number of halogens is 1. The number of aliphatic carboxylic acids is 1. The van der Waals surface area contributed by atoms with E-state index in [1.165, 1.54) is 0 Å². The molecule has 64 valence electrons. The third kappa shape index (κ3) is 1.89. The van der Waals surface area contributed by atoms with Crippen molar-refractivity contribution in [1.82, 2.24) is 4.90 Å². The lowest BCUT2D eigenvalue weighted by molar-refractivity contribution is -0.146. The average molecular weight is 161 g/mol. The maximum atomic E-state index is 12.9. The zero-order chi connectivity index (χ0) is 8.43. The van der Waals surface area contributed by atoms with Crippen LogP contribution in [0.5, 0.6) is 0 Å². The zero-order valence-electron chi connectivity index (χ0n) is 6.46. The van der Waals surface area contributed by atoms with E-state index in [1.807, 2.05) is 4.90 Å². The molecule has 1 N–H and O–H groups in total. The van der Waals surface area contributed by atoms with E-state index in [4.69, 9.17) is 5.11 Å². The fourth-order valence-corrected chi connectivity index (χ4v) is 1.33. The Hall–Kier alpha value is -0.640. The van der Waals surface area contributed by atoms with Gasteiger partial charge in [-0.2, -0.15) is 0 Å². The first-order valence-corrected chi connectivity index (χ1v) is 3.66. The number of likely N-dealkylation sites (tertiary alicyclic amines) is 1. The Morgan fingerprint density at radius 2 is 2.36 bits per heavy atom. The largest absolute Gasteiger partial charge is 0.481 e. The van der Waals surface area contributed by atoms with Crippen molar-refractivity contribution in [1.29, 1.82) is 0 Å². The molecule has 1 heterocycles. The van der Waals surface area contributed by atoms with Gasteiger partial charge in [-0.25, -0.2) is 4.39 Å². The van der Waals surface area contributed by atoms with E-state index in [9.17, 15) is 9.18 Å². The number of hydrogen-bond acceptors (Lipinski definition) is 2. The summed E-state index contributed by atoms with van der Waals surface area (Å²) in [6, 6.07) is 0. The van der Waals surface area contributed by atoms with Crippen molar-refractivity contribution >= 4 is 5.97 Å². The molecule has 1 aliphatic heterocycles. The van der Waals surface area contributed by atoms with Gasteiger partial charge in [-0.3, -0.25) is 4.79 Å². The molecule has 0 aromatic carbocycles. The first-order chi connectivity index (χ1) is 5.11. The molecule has 0 amide bonds. The fraction of sp³-hybridized carbons (Fsp3) is 0.857. The Bertz CT molecular complexity index is 163. The van der Waals surface area contributed by atoms with E-state index in [0.717, 1.165) is 0 Å². The molecule has 0 aromatic heterocycles. The minimum atomic E-state index is -1.20. The van der Waals surface area contributed by atoms with E-state index >= 15 is 0 Å². The summed E-state index contributed by atoms with van der Waals surface area (Å²) in [5.74, 6) is -1.79. The van der Waals surface area contributed by atoms with Crippen molar-refractivity contribution in [3.8, 4) is 0 Å². The molecule has 0 unspecified atom stereocenters. The maximum Gasteiger partial charge on any atom is 0.309 e. The Morgan fingerprint density at radius 3 is 2.82 bits per heavy atom. The number of carboxylic acid groups (broad SMARTS) is 1. The Kier molecular flexibility index (Phi) is 2.44. The topological polar surface area (TPSA) is 40.5 Å². The van der Waals surface area contributed by atoms with Crippen LogP contribution in [0.25, 0.3) is 0 Å². The third-order valence-electron chi connectivity index (χ3n) is 2.06. The number of rotatable bonds is 1. The van der Waals surface area contributed by atoms with Crippen LogP contribution in [0.3, 0.4) is 0 Å². The van der Waals surface area contributed by atoms with E-state index in [2.05, 4.69) is 0 Å². The van der Waals surface area contributed by atoms with Crippen LogP contribution in [-0.4, -0.2) is 42.3 Å². The van der Waals surface area contributed by atoms with Crippen molar-refractivity contribution < 1.29 is 14.3 Å². The van der Waals surface area contributed by atoms with Crippen molar-refractivity contribution in [3.05, 3.63) is 0 Å². The molecule has 0 spiro atoms. The molecule has 0 aliphatic carbocycles. The minimum Gasteiger partial charge on any atom is -0.481 e. The summed E-state index contributed by atoms with van der Waals surface area (Å²) in [6.45, 7) is 0.925. The van der Waals surface area contributed by atoms with Gasteiger partial charge in [-0.1, -0.05) is 0 Å². The Morgan fingerprint density at radius 1 is 1.73 bits per heavy atom. The standard InChI is InChI=1S/C7H12FNO2/c1-9-3-2-5(7(10)11)6(8)4-9/h5-6H,2-4H2,1H3,(H,10,11)/t5-,6+/m0/s1. The van der Waals surface area contributed by atoms with Gasteiger partial charge in [0.25, 0.3) is 0 Å². The zero-order valence-corrected chi connectivity index (χ0v) is 6.46. The Balaban J connectivity index is 2.50. The predicted octanol–water partition coefficient (Wildman–Crippen LogP) is 0.361. The van der Waals surface area contributed by atoms with Crippen LogP contribution in [-0.2, 0) is 4.79 Å². The first-order valence-electron chi connectivity index (χ1n) is 3.66. The molecule has 4 heteroatoms. The van der Waals surface area contributed by atoms with Crippen LogP contribution < -0.4 is 0 Å². The monoisotopic (exact) mass is 161 g/mol. The van der Waals surface area contributed by atoms with Gasteiger partial charge in [-0.15, -0.1) is 0 Å². The molecule has 0 aromatic rings. The summed E-state index contributed by atoms with van der Waals surface area (Å²) < 4.78 is 12.9. The lowest BCUT2D eigenvalue weighted by Crippen LogP contribution is -2.42. The van der Waals surface area contributed by atoms with Gasteiger partial charge in [0.2, 0.25) is 0 Å². The number of nitrogens with zero attached hydrogens (tertiary/aromatic N) is 1. The first kappa shape index (κ1) is 8.46. The summed E-state index contributed by atoms with van der Waals surface area (Å²) in [7, 11) is 1.80. The van der Waals surface area contributed by atoms with Gasteiger partial charge in [0.05, 0.1) is 5.92 Å². The van der Waals surface area contributed by atoms with Gasteiger partial charge in [0.15, 0.2) is 0 Å². The van der Waals surface area contributed by atoms with Crippen LogP contribution >= 0.6 is 0 Å². The van der Waals surface area contributed by atoms with Crippen LogP contribution in [0.15, 0.2) is 0 Å². The summed E-state index contributed by atoms with van der Waals surface area (Å²) in [6.07, 6.45) is -0.779. The van der Waals surface area contributed by atoms with Crippen LogP contribution in [0.1, 0.15) is 6.42 Å². The Labute approximate surface area is 64.8 Å². The average Bonchev–Trinajstić information content (AvgIpc) is 1.85. The molecule has 1 rings (SSSR count). The summed E-state index contributed by atoms with van der Waals surface area (Å²) in [5.41, 5.74) is 0. The van der Waals surface area contributed by atoms with Crippen molar-refractivity contribution in [3.63, 3.8) is 0 Å². The second kappa shape index (κ2) is 3.17. The molecule has 1 saturated heterocycles. The lowest BCUT2D eigenvalue weighted by Gasteiger charge is -2.29. The maximum absolute atomic E-state index is 12.9. The quantitative estimate of drug-likeness (QED) is 0.603. The fourth-order valence-electron chi connectivity index (χ4n) is 1.33. The number of carbonyl (C=O) groups is 1. The van der Waals surface area contributed by atoms with Gasteiger partial charge in [0.1, 0.15) is 6.17 Å². The SMILES string of the molecule is CN1CC[C@H](C(=O)O)[C@H](F)C1. The van der Waals surface area contributed by atoms with E-state index in [-0.39, 0.29) is 6.54 Å². The molecular formula is C7H12FNO2. The number of alkyl halides is 1. The molecule has 3 nitrogen and oxygen atoms in total. The summed E-state index contributed by atoms with van der Waals surface area (Å²) in [4.78, 5) is 12.2. The van der Waals surface area contributed by atoms with Crippen molar-refractivity contribution in [2.45, 2.75) is 12.6 Å². The smallest absolute Gasteiger partial charge is 0.309 e. The van der Waals surface area contributed by atoms with Crippen molar-refractivity contribution in [2.75, 3.05) is 20.1 Å². The molecule has 0 radical (unpaired) electrons. The normalized spacial score (nSPS) is 33.6. The molecule has 0 saturated carbocycles. The molecular weight excluding hydrogens is 149 g/mol. The second-order valence-electron chi connectivity index (χ2n) is 3.01. The highest BCUT2D eigenvalue weighted by molar-refractivity contribution is 5.70. The number of carboxylic acids is 1. The highest BCUT2D eigenvalue weighted by atomic mass is 19.1. The van der Waals surface area contributed by atoms with E-state index < -0.39 is 18.1 Å². The minimum absolute atomic E-state index is 0.247. The van der Waals surface area contributed by atoms with Gasteiger partial charge >= 0.3 is 5.97 Å². The van der Waals surface area contributed by atoms with Crippen LogP contribution in [0.2, 0.25) is 0 Å². The highest BCUT2D eigenvalue weighted by Gasteiger charge is 2.32. The number of hydrogen-bond donors (Lipinski definition) is 1. The molecule has 1 fully saturated rings. The lowest BCUT2D eigenvalue weighted by atomic mass is 9.96. The highest BCUT2D eigenvalue weighted by Crippen LogP contribution is 2.19. The summed E-state index contributed by atoms with van der Waals surface area (Å²) in [5, 5.41) is 8.54. The number of piperidine rings is 1. The molecule has 0 bridgehead atoms. The predicted molar refractivity (Wildman–Crippen MR) is 38.1 cm³/mol. The summed E-state index contributed by atoms with van der Waals surface area (Å²) >= 11 is 0. The van der Waals surface area contributed by atoms with Gasteiger partial charge in [0, 0.05) is 6.54 Å². The second-order valence-corrected chi connectivity index (χ2v) is 3.01. The molecule has 11 heavy (non-hydrogen) atoms. The van der Waals surface area contributed by atoms with Crippen LogP contribution in [0.4, 0.5) is 4.39 Å². The van der Waals surface area contributed by atoms with Crippen molar-refractivity contribution in [2.24, 2.45) is 5.92 Å².